The topological polar surface area (TPSA) is 98.9 Å². The molecule has 0 aliphatic carbocycles. The standard InChI is InChI=1S/C22H17ClFN5O3/c1-13-6-7-15(24)10-17(13)27-18(30)12-28-20-19(25-8-9-26-20)21(31)29(22(28)32)11-14-4-2-3-5-16(14)23/h2-10H,11-12H2,1H3,(H,27,30). The van der Waals surface area contributed by atoms with Crippen LogP contribution in [0.4, 0.5) is 10.1 Å². The number of rotatable bonds is 5. The Balaban J connectivity index is 1.78. The quantitative estimate of drug-likeness (QED) is 0.501. The molecule has 0 atom stereocenters. The van der Waals surface area contributed by atoms with E-state index >= 15 is 0 Å². The average Bonchev–Trinajstić information content (AvgIpc) is 2.78. The molecule has 10 heteroatoms. The second-order valence-electron chi connectivity index (χ2n) is 7.09. The van der Waals surface area contributed by atoms with E-state index in [0.717, 1.165) is 9.13 Å². The van der Waals surface area contributed by atoms with Gasteiger partial charge in [-0.2, -0.15) is 0 Å². The Kier molecular flexibility index (Phi) is 5.83. The van der Waals surface area contributed by atoms with Crippen molar-refractivity contribution in [1.82, 2.24) is 19.1 Å². The third kappa shape index (κ3) is 4.15. The van der Waals surface area contributed by atoms with Crippen LogP contribution in [0.1, 0.15) is 11.1 Å². The van der Waals surface area contributed by atoms with Crippen molar-refractivity contribution >= 4 is 34.4 Å². The summed E-state index contributed by atoms with van der Waals surface area (Å²) in [5.74, 6) is -1.09. The van der Waals surface area contributed by atoms with E-state index in [2.05, 4.69) is 15.3 Å². The van der Waals surface area contributed by atoms with Crippen LogP contribution in [0.3, 0.4) is 0 Å². The number of amides is 1. The molecule has 0 unspecified atom stereocenters. The molecule has 1 amide bonds. The molecule has 162 valence electrons. The van der Waals surface area contributed by atoms with Gasteiger partial charge in [0.05, 0.1) is 6.54 Å². The zero-order chi connectivity index (χ0) is 22.8. The Hall–Kier alpha value is -3.85. The molecule has 0 aliphatic rings. The van der Waals surface area contributed by atoms with Crippen LogP contribution in [0.15, 0.2) is 64.4 Å². The van der Waals surface area contributed by atoms with E-state index in [-0.39, 0.29) is 23.4 Å². The van der Waals surface area contributed by atoms with E-state index in [1.807, 2.05) is 0 Å². The first-order valence-corrected chi connectivity index (χ1v) is 9.96. The minimum absolute atomic E-state index is 0.0241. The van der Waals surface area contributed by atoms with Gasteiger partial charge in [-0.3, -0.25) is 18.7 Å². The van der Waals surface area contributed by atoms with Crippen LogP contribution in [0.5, 0.6) is 0 Å². The van der Waals surface area contributed by atoms with Gasteiger partial charge in [-0.25, -0.2) is 19.2 Å². The highest BCUT2D eigenvalue weighted by atomic mass is 35.5. The number of aryl methyl sites for hydroxylation is 1. The summed E-state index contributed by atoms with van der Waals surface area (Å²) < 4.78 is 15.6. The van der Waals surface area contributed by atoms with Crippen molar-refractivity contribution in [2.75, 3.05) is 5.32 Å². The van der Waals surface area contributed by atoms with Gasteiger partial charge in [0.1, 0.15) is 12.4 Å². The Morgan fingerprint density at radius 3 is 2.62 bits per heavy atom. The van der Waals surface area contributed by atoms with Gasteiger partial charge in [0.2, 0.25) is 5.91 Å². The van der Waals surface area contributed by atoms with Gasteiger partial charge in [0.25, 0.3) is 5.56 Å². The Morgan fingerprint density at radius 1 is 1.09 bits per heavy atom. The largest absolute Gasteiger partial charge is 0.333 e. The summed E-state index contributed by atoms with van der Waals surface area (Å²) in [6.45, 7) is 1.16. The fraction of sp³-hybridized carbons (Fsp3) is 0.136. The average molecular weight is 454 g/mol. The zero-order valence-corrected chi connectivity index (χ0v) is 17.6. The van der Waals surface area contributed by atoms with Gasteiger partial charge >= 0.3 is 5.69 Å². The van der Waals surface area contributed by atoms with E-state index in [1.165, 1.54) is 30.6 Å². The highest BCUT2D eigenvalue weighted by molar-refractivity contribution is 6.31. The van der Waals surface area contributed by atoms with Crippen LogP contribution in [0.25, 0.3) is 11.2 Å². The molecule has 4 aromatic rings. The maximum Gasteiger partial charge on any atom is 0.333 e. The van der Waals surface area contributed by atoms with Crippen molar-refractivity contribution in [3.8, 4) is 0 Å². The third-order valence-corrected chi connectivity index (χ3v) is 5.27. The maximum atomic E-state index is 13.6. The summed E-state index contributed by atoms with van der Waals surface area (Å²) in [6, 6.07) is 10.8. The molecule has 2 aromatic carbocycles. The van der Waals surface area contributed by atoms with Crippen molar-refractivity contribution in [2.45, 2.75) is 20.0 Å². The lowest BCUT2D eigenvalue weighted by Crippen LogP contribution is -2.42. The minimum Gasteiger partial charge on any atom is -0.324 e. The second kappa shape index (κ2) is 8.72. The summed E-state index contributed by atoms with van der Waals surface area (Å²) in [5.41, 5.74) is 0.0221. The van der Waals surface area contributed by atoms with Crippen molar-refractivity contribution in [2.24, 2.45) is 0 Å². The molecule has 0 fully saturated rings. The summed E-state index contributed by atoms with van der Waals surface area (Å²) in [7, 11) is 0. The van der Waals surface area contributed by atoms with E-state index < -0.39 is 29.5 Å². The molecule has 0 spiro atoms. The monoisotopic (exact) mass is 453 g/mol. The van der Waals surface area contributed by atoms with Crippen LogP contribution in [0, 0.1) is 12.7 Å². The Labute approximate surface area is 185 Å². The van der Waals surface area contributed by atoms with Crippen LogP contribution in [0.2, 0.25) is 5.02 Å². The molecular formula is C22H17ClFN5O3. The predicted molar refractivity (Wildman–Crippen MR) is 118 cm³/mol. The molecule has 4 rings (SSSR count). The lowest BCUT2D eigenvalue weighted by molar-refractivity contribution is -0.116. The molecule has 8 nitrogen and oxygen atoms in total. The van der Waals surface area contributed by atoms with E-state index in [4.69, 9.17) is 11.6 Å². The van der Waals surface area contributed by atoms with Crippen molar-refractivity contribution in [1.29, 1.82) is 0 Å². The number of aromatic nitrogens is 4. The summed E-state index contributed by atoms with van der Waals surface area (Å²) >= 11 is 6.19. The number of carbonyl (C=O) groups excluding carboxylic acids is 1. The number of benzene rings is 2. The second-order valence-corrected chi connectivity index (χ2v) is 7.49. The molecular weight excluding hydrogens is 437 g/mol. The molecule has 2 heterocycles. The number of nitrogens with zero attached hydrogens (tertiary/aromatic N) is 4. The minimum atomic E-state index is -0.742. The van der Waals surface area contributed by atoms with E-state index in [0.29, 0.717) is 16.1 Å². The molecule has 0 saturated heterocycles. The highest BCUT2D eigenvalue weighted by Crippen LogP contribution is 2.17. The first kappa shape index (κ1) is 21.4. The molecule has 0 saturated carbocycles. The number of hydrogen-bond donors (Lipinski definition) is 1. The van der Waals surface area contributed by atoms with Crippen LogP contribution in [-0.2, 0) is 17.9 Å². The van der Waals surface area contributed by atoms with Gasteiger partial charge < -0.3 is 5.32 Å². The van der Waals surface area contributed by atoms with Gasteiger partial charge in [-0.1, -0.05) is 35.9 Å². The number of carbonyl (C=O) groups is 1. The molecule has 0 aliphatic heterocycles. The molecule has 0 radical (unpaired) electrons. The molecule has 0 bridgehead atoms. The third-order valence-electron chi connectivity index (χ3n) is 4.91. The maximum absolute atomic E-state index is 13.6. The van der Waals surface area contributed by atoms with Crippen molar-refractivity contribution in [3.63, 3.8) is 0 Å². The summed E-state index contributed by atoms with van der Waals surface area (Å²) in [4.78, 5) is 47.0. The van der Waals surface area contributed by atoms with Crippen molar-refractivity contribution < 1.29 is 9.18 Å². The van der Waals surface area contributed by atoms with Gasteiger partial charge in [-0.05, 0) is 36.2 Å². The zero-order valence-electron chi connectivity index (χ0n) is 16.9. The molecule has 32 heavy (non-hydrogen) atoms. The van der Waals surface area contributed by atoms with Crippen LogP contribution < -0.4 is 16.6 Å². The number of halogens is 2. The normalized spacial score (nSPS) is 11.0. The van der Waals surface area contributed by atoms with E-state index in [1.54, 1.807) is 31.2 Å². The Morgan fingerprint density at radius 2 is 1.84 bits per heavy atom. The summed E-state index contributed by atoms with van der Waals surface area (Å²) in [6.07, 6.45) is 2.65. The number of fused-ring (bicyclic) bond motifs is 1. The fourth-order valence-corrected chi connectivity index (χ4v) is 3.47. The predicted octanol–water partition coefficient (Wildman–Crippen LogP) is 2.74. The lowest BCUT2D eigenvalue weighted by atomic mass is 10.2. The first-order chi connectivity index (χ1) is 15.3. The molecule has 2 aromatic heterocycles. The molecule has 1 N–H and O–H groups in total. The van der Waals surface area contributed by atoms with Crippen LogP contribution >= 0.6 is 11.6 Å². The summed E-state index contributed by atoms with van der Waals surface area (Å²) in [5, 5.41) is 2.98. The lowest BCUT2D eigenvalue weighted by Gasteiger charge is -2.14. The highest BCUT2D eigenvalue weighted by Gasteiger charge is 2.18. The van der Waals surface area contributed by atoms with Gasteiger partial charge in [0, 0.05) is 23.1 Å². The van der Waals surface area contributed by atoms with Gasteiger partial charge in [-0.15, -0.1) is 0 Å². The number of hydrogen-bond acceptors (Lipinski definition) is 5. The van der Waals surface area contributed by atoms with E-state index in [9.17, 15) is 18.8 Å². The number of anilines is 1. The van der Waals surface area contributed by atoms with Gasteiger partial charge in [0.15, 0.2) is 11.2 Å². The van der Waals surface area contributed by atoms with Crippen molar-refractivity contribution in [3.05, 3.63) is 97.7 Å². The first-order valence-electron chi connectivity index (χ1n) is 9.59. The van der Waals surface area contributed by atoms with Crippen LogP contribution in [-0.4, -0.2) is 25.0 Å². The number of nitrogens with one attached hydrogen (secondary N) is 1. The smallest absolute Gasteiger partial charge is 0.324 e. The SMILES string of the molecule is Cc1ccc(F)cc1NC(=O)Cn1c(=O)n(Cc2ccccc2Cl)c(=O)c2nccnc21. The Bertz CT molecular complexity index is 1460. The fourth-order valence-electron chi connectivity index (χ4n) is 3.27.